The highest BCUT2D eigenvalue weighted by molar-refractivity contribution is 5.36. The molecule has 0 saturated carbocycles. The van der Waals surface area contributed by atoms with Gasteiger partial charge in [0.2, 0.25) is 0 Å². The molecule has 4 rings (SSSR count). The fourth-order valence-electron chi connectivity index (χ4n) is 4.54. The number of hydrogen-bond acceptors (Lipinski definition) is 0. The summed E-state index contributed by atoms with van der Waals surface area (Å²) in [7, 11) is 0. The van der Waals surface area contributed by atoms with Crippen molar-refractivity contribution in [2.24, 2.45) is 0 Å². The topological polar surface area (TPSA) is 0 Å². The van der Waals surface area contributed by atoms with Crippen molar-refractivity contribution in [3.63, 3.8) is 0 Å². The maximum absolute atomic E-state index is 14.5. The molecule has 0 aliphatic heterocycles. The largest absolute Gasteiger partial charge is 0.416 e. The number of hydrogen-bond donors (Lipinski definition) is 0. The molecule has 4 aromatic carbocycles. The number of benzene rings is 4. The SMILES string of the molecule is FC(F)(F)c1ccc(CC(c2ccc(Cc3ccccc3)cc2)C(c2ccccc2)C(F)(F)F)cc1. The predicted octanol–water partition coefficient (Wildman–Crippen LogP) is 8.97. The van der Waals surface area contributed by atoms with Crippen LogP contribution in [0.25, 0.3) is 0 Å². The summed E-state index contributed by atoms with van der Waals surface area (Å²) in [6.07, 6.45) is -8.48. The van der Waals surface area contributed by atoms with E-state index in [0.29, 0.717) is 17.5 Å². The van der Waals surface area contributed by atoms with Crippen molar-refractivity contribution in [3.8, 4) is 0 Å². The molecular weight excluding hydrogens is 474 g/mol. The Bertz CT molecular complexity index is 1230. The molecule has 2 atom stereocenters. The van der Waals surface area contributed by atoms with Crippen LogP contribution in [0.5, 0.6) is 0 Å². The van der Waals surface area contributed by atoms with Crippen molar-refractivity contribution in [2.45, 2.75) is 37.0 Å². The van der Waals surface area contributed by atoms with Crippen LogP contribution in [0.3, 0.4) is 0 Å². The second-order valence-corrected chi connectivity index (χ2v) is 8.84. The third-order valence-electron chi connectivity index (χ3n) is 6.31. The van der Waals surface area contributed by atoms with Gasteiger partial charge < -0.3 is 0 Å². The summed E-state index contributed by atoms with van der Waals surface area (Å²) in [5.41, 5.74) is 2.23. The molecule has 0 aliphatic carbocycles. The standard InChI is InChI=1S/C30H24F6/c31-29(32,33)26-17-13-23(14-18-26)20-27(28(30(34,35)36)25-9-5-2-6-10-25)24-15-11-22(12-16-24)19-21-7-3-1-4-8-21/h1-18,27-28H,19-20H2. The first-order chi connectivity index (χ1) is 17.1. The van der Waals surface area contributed by atoms with E-state index in [0.717, 1.165) is 23.3 Å². The van der Waals surface area contributed by atoms with E-state index in [-0.39, 0.29) is 12.0 Å². The monoisotopic (exact) mass is 498 g/mol. The number of halogens is 6. The highest BCUT2D eigenvalue weighted by Crippen LogP contribution is 2.46. The van der Waals surface area contributed by atoms with Crippen LogP contribution in [-0.2, 0) is 19.0 Å². The first kappa shape index (κ1) is 25.5. The van der Waals surface area contributed by atoms with Gasteiger partial charge in [-0.25, -0.2) is 0 Å². The van der Waals surface area contributed by atoms with Gasteiger partial charge >= 0.3 is 12.4 Å². The van der Waals surface area contributed by atoms with Gasteiger partial charge in [0.15, 0.2) is 0 Å². The van der Waals surface area contributed by atoms with Crippen molar-refractivity contribution in [3.05, 3.63) is 143 Å². The van der Waals surface area contributed by atoms with E-state index >= 15 is 0 Å². The Hall–Kier alpha value is -3.54. The van der Waals surface area contributed by atoms with Gasteiger partial charge in [-0.1, -0.05) is 97.1 Å². The molecule has 0 radical (unpaired) electrons. The lowest BCUT2D eigenvalue weighted by Crippen LogP contribution is -2.28. The average molecular weight is 499 g/mol. The van der Waals surface area contributed by atoms with Gasteiger partial charge in [0, 0.05) is 5.92 Å². The van der Waals surface area contributed by atoms with Crippen molar-refractivity contribution >= 4 is 0 Å². The molecule has 2 unspecified atom stereocenters. The minimum absolute atomic E-state index is 0.0603. The summed E-state index contributed by atoms with van der Waals surface area (Å²) in [4.78, 5) is 0. The quantitative estimate of drug-likeness (QED) is 0.223. The summed E-state index contributed by atoms with van der Waals surface area (Å²) < 4.78 is 82.4. The van der Waals surface area contributed by atoms with Gasteiger partial charge in [-0.3, -0.25) is 0 Å². The lowest BCUT2D eigenvalue weighted by molar-refractivity contribution is -0.155. The van der Waals surface area contributed by atoms with E-state index in [9.17, 15) is 26.3 Å². The third-order valence-corrected chi connectivity index (χ3v) is 6.31. The molecular formula is C30H24F6. The molecule has 6 heteroatoms. The molecule has 0 fully saturated rings. The van der Waals surface area contributed by atoms with Gasteiger partial charge in [0.25, 0.3) is 0 Å². The number of rotatable bonds is 7. The van der Waals surface area contributed by atoms with E-state index in [4.69, 9.17) is 0 Å². The molecule has 186 valence electrons. The van der Waals surface area contributed by atoms with E-state index < -0.39 is 29.8 Å². The van der Waals surface area contributed by atoms with Crippen molar-refractivity contribution < 1.29 is 26.3 Å². The summed E-state index contributed by atoms with van der Waals surface area (Å²) in [5, 5.41) is 0. The molecule has 0 amide bonds. The Morgan fingerprint density at radius 2 is 1.00 bits per heavy atom. The fraction of sp³-hybridized carbons (Fsp3) is 0.200. The Kier molecular flexibility index (Phi) is 7.53. The zero-order valence-corrected chi connectivity index (χ0v) is 19.2. The minimum atomic E-state index is -4.55. The Labute approximate surface area is 206 Å². The summed E-state index contributed by atoms with van der Waals surface area (Å²) in [6, 6.07) is 28.8. The van der Waals surface area contributed by atoms with Crippen LogP contribution in [0, 0.1) is 0 Å². The maximum atomic E-state index is 14.5. The van der Waals surface area contributed by atoms with Crippen LogP contribution < -0.4 is 0 Å². The normalized spacial score (nSPS) is 13.8. The van der Waals surface area contributed by atoms with E-state index in [2.05, 4.69) is 0 Å². The van der Waals surface area contributed by atoms with Crippen molar-refractivity contribution in [2.75, 3.05) is 0 Å². The molecule has 4 aromatic rings. The second-order valence-electron chi connectivity index (χ2n) is 8.84. The third kappa shape index (κ3) is 6.36. The van der Waals surface area contributed by atoms with Crippen LogP contribution in [0.15, 0.2) is 109 Å². The molecule has 0 spiro atoms. The van der Waals surface area contributed by atoms with Gasteiger partial charge in [-0.05, 0) is 52.8 Å². The lowest BCUT2D eigenvalue weighted by atomic mass is 9.77. The van der Waals surface area contributed by atoms with Crippen LogP contribution in [0.1, 0.15) is 45.2 Å². The van der Waals surface area contributed by atoms with Crippen molar-refractivity contribution in [1.29, 1.82) is 0 Å². The van der Waals surface area contributed by atoms with E-state index in [1.165, 1.54) is 24.3 Å². The molecule has 0 aromatic heterocycles. The molecule has 0 aliphatic rings. The minimum Gasteiger partial charge on any atom is -0.170 e. The van der Waals surface area contributed by atoms with Gasteiger partial charge in [-0.15, -0.1) is 0 Å². The highest BCUT2D eigenvalue weighted by Gasteiger charge is 2.46. The van der Waals surface area contributed by atoms with Crippen LogP contribution in [-0.4, -0.2) is 6.18 Å². The number of alkyl halides is 6. The Balaban J connectivity index is 1.70. The Morgan fingerprint density at radius 1 is 0.500 bits per heavy atom. The molecule has 0 saturated heterocycles. The van der Waals surface area contributed by atoms with Crippen LogP contribution >= 0.6 is 0 Å². The van der Waals surface area contributed by atoms with Gasteiger partial charge in [-0.2, -0.15) is 26.3 Å². The summed E-state index contributed by atoms with van der Waals surface area (Å²) in [5.74, 6) is -2.84. The van der Waals surface area contributed by atoms with E-state index in [1.54, 1.807) is 30.3 Å². The smallest absolute Gasteiger partial charge is 0.170 e. The van der Waals surface area contributed by atoms with Gasteiger partial charge in [0.1, 0.15) is 0 Å². The Morgan fingerprint density at radius 3 is 1.53 bits per heavy atom. The predicted molar refractivity (Wildman–Crippen MR) is 129 cm³/mol. The zero-order chi connectivity index (χ0) is 25.8. The van der Waals surface area contributed by atoms with Crippen LogP contribution in [0.4, 0.5) is 26.3 Å². The average Bonchev–Trinajstić information content (AvgIpc) is 2.84. The summed E-state index contributed by atoms with van der Waals surface area (Å²) in [6.45, 7) is 0. The van der Waals surface area contributed by atoms with E-state index in [1.807, 2.05) is 42.5 Å². The van der Waals surface area contributed by atoms with Crippen LogP contribution in [0.2, 0.25) is 0 Å². The first-order valence-corrected chi connectivity index (χ1v) is 11.5. The highest BCUT2D eigenvalue weighted by atomic mass is 19.4. The molecule has 0 N–H and O–H groups in total. The zero-order valence-electron chi connectivity index (χ0n) is 19.2. The van der Waals surface area contributed by atoms with Crippen molar-refractivity contribution in [1.82, 2.24) is 0 Å². The van der Waals surface area contributed by atoms with Gasteiger partial charge in [0.05, 0.1) is 11.5 Å². The molecule has 0 heterocycles. The fourth-order valence-corrected chi connectivity index (χ4v) is 4.54. The summed E-state index contributed by atoms with van der Waals surface area (Å²) >= 11 is 0. The second kappa shape index (κ2) is 10.6. The molecule has 0 bridgehead atoms. The first-order valence-electron chi connectivity index (χ1n) is 11.5. The lowest BCUT2D eigenvalue weighted by Gasteiger charge is -2.30. The maximum Gasteiger partial charge on any atom is 0.416 e. The molecule has 36 heavy (non-hydrogen) atoms. The molecule has 0 nitrogen and oxygen atoms in total.